The minimum Gasteiger partial charge on any atom is -0.467 e. The molecule has 1 aliphatic carbocycles. The lowest BCUT2D eigenvalue weighted by molar-refractivity contribution is -0.159. The normalized spacial score (nSPS) is 15.9. The number of ether oxygens (including phenoxy) is 1. The van der Waals surface area contributed by atoms with Gasteiger partial charge in [-0.15, -0.1) is 0 Å². The molecule has 1 saturated carbocycles. The second-order valence-corrected chi connectivity index (χ2v) is 6.90. The van der Waals surface area contributed by atoms with Gasteiger partial charge in [-0.25, -0.2) is 4.98 Å². The van der Waals surface area contributed by atoms with E-state index in [1.807, 2.05) is 12.1 Å². The van der Waals surface area contributed by atoms with Crippen LogP contribution >= 0.6 is 0 Å². The van der Waals surface area contributed by atoms with Crippen LogP contribution in [0.15, 0.2) is 30.5 Å². The SMILES string of the molecule is FC(F)(F)COc1nc(Nc2cccc(C3CCCCC3)c2)ncc1C(F)(F)F. The van der Waals surface area contributed by atoms with Crippen LogP contribution in [-0.4, -0.2) is 22.8 Å². The largest absolute Gasteiger partial charge is 0.467 e. The molecule has 0 radical (unpaired) electrons. The fourth-order valence-corrected chi connectivity index (χ4v) is 3.32. The Labute approximate surface area is 163 Å². The summed E-state index contributed by atoms with van der Waals surface area (Å²) in [7, 11) is 0. The van der Waals surface area contributed by atoms with Crippen LogP contribution in [0, 0.1) is 0 Å². The lowest BCUT2D eigenvalue weighted by Crippen LogP contribution is -2.22. The third-order valence-electron chi connectivity index (χ3n) is 4.65. The average Bonchev–Trinajstić information content (AvgIpc) is 2.66. The summed E-state index contributed by atoms with van der Waals surface area (Å²) in [4.78, 5) is 7.10. The minimum atomic E-state index is -4.94. The predicted molar refractivity (Wildman–Crippen MR) is 94.1 cm³/mol. The van der Waals surface area contributed by atoms with E-state index in [1.54, 1.807) is 12.1 Å². The van der Waals surface area contributed by atoms with Crippen LogP contribution in [0.25, 0.3) is 0 Å². The fraction of sp³-hybridized carbons (Fsp3) is 0.474. The molecule has 0 atom stereocenters. The van der Waals surface area contributed by atoms with E-state index >= 15 is 0 Å². The number of benzene rings is 1. The first-order chi connectivity index (χ1) is 13.6. The van der Waals surface area contributed by atoms with Crippen molar-refractivity contribution in [2.75, 3.05) is 11.9 Å². The summed E-state index contributed by atoms with van der Waals surface area (Å²) in [5.74, 6) is -1.04. The number of rotatable bonds is 5. The van der Waals surface area contributed by atoms with Gasteiger partial charge in [0.25, 0.3) is 0 Å². The third-order valence-corrected chi connectivity index (χ3v) is 4.65. The lowest BCUT2D eigenvalue weighted by atomic mass is 9.84. The molecule has 0 unspecified atom stereocenters. The number of aromatic nitrogens is 2. The molecular formula is C19H19F6N3O. The van der Waals surface area contributed by atoms with Crippen molar-refractivity contribution < 1.29 is 31.1 Å². The van der Waals surface area contributed by atoms with Gasteiger partial charge < -0.3 is 10.1 Å². The van der Waals surface area contributed by atoms with E-state index in [2.05, 4.69) is 20.0 Å². The van der Waals surface area contributed by atoms with Crippen molar-refractivity contribution in [1.29, 1.82) is 0 Å². The first-order valence-corrected chi connectivity index (χ1v) is 9.12. The van der Waals surface area contributed by atoms with Gasteiger partial charge in [-0.05, 0) is 36.5 Å². The maximum atomic E-state index is 13.0. The molecule has 0 spiro atoms. The summed E-state index contributed by atoms with van der Waals surface area (Å²) in [6.45, 7) is -1.89. The summed E-state index contributed by atoms with van der Waals surface area (Å²) in [6, 6.07) is 7.32. The first-order valence-electron chi connectivity index (χ1n) is 9.12. The van der Waals surface area contributed by atoms with Crippen molar-refractivity contribution >= 4 is 11.6 Å². The Bertz CT molecular complexity index is 831. The summed E-state index contributed by atoms with van der Waals surface area (Å²) >= 11 is 0. The topological polar surface area (TPSA) is 47.0 Å². The van der Waals surface area contributed by atoms with Gasteiger partial charge in [0, 0.05) is 11.9 Å². The third kappa shape index (κ3) is 5.98. The molecule has 2 aromatic rings. The summed E-state index contributed by atoms with van der Waals surface area (Å²) in [5.41, 5.74) is 0.160. The Balaban J connectivity index is 1.81. The molecule has 1 heterocycles. The van der Waals surface area contributed by atoms with Gasteiger partial charge in [0.15, 0.2) is 6.61 Å². The van der Waals surface area contributed by atoms with Crippen LogP contribution in [0.2, 0.25) is 0 Å². The molecule has 3 rings (SSSR count). The molecule has 158 valence electrons. The molecule has 1 aromatic carbocycles. The number of alkyl halides is 6. The monoisotopic (exact) mass is 419 g/mol. The molecule has 0 bridgehead atoms. The van der Waals surface area contributed by atoms with Crippen LogP contribution in [0.1, 0.15) is 49.1 Å². The number of hydrogen-bond acceptors (Lipinski definition) is 4. The van der Waals surface area contributed by atoms with Crippen LogP contribution in [0.4, 0.5) is 38.0 Å². The zero-order chi connectivity index (χ0) is 21.1. The van der Waals surface area contributed by atoms with Gasteiger partial charge in [0.1, 0.15) is 5.56 Å². The zero-order valence-corrected chi connectivity index (χ0v) is 15.3. The quantitative estimate of drug-likeness (QED) is 0.584. The molecule has 29 heavy (non-hydrogen) atoms. The first kappa shape index (κ1) is 21.2. The smallest absolute Gasteiger partial charge is 0.423 e. The van der Waals surface area contributed by atoms with Crippen molar-refractivity contribution in [3.63, 3.8) is 0 Å². The van der Waals surface area contributed by atoms with Crippen LogP contribution in [0.3, 0.4) is 0 Å². The molecule has 1 fully saturated rings. The van der Waals surface area contributed by atoms with Crippen molar-refractivity contribution in [2.45, 2.75) is 50.4 Å². The van der Waals surface area contributed by atoms with E-state index in [0.29, 0.717) is 17.8 Å². The molecule has 1 aliphatic rings. The highest BCUT2D eigenvalue weighted by atomic mass is 19.4. The number of hydrogen-bond donors (Lipinski definition) is 1. The van der Waals surface area contributed by atoms with Gasteiger partial charge in [0.2, 0.25) is 11.8 Å². The Kier molecular flexibility index (Phi) is 6.18. The maximum Gasteiger partial charge on any atom is 0.423 e. The molecule has 10 heteroatoms. The highest BCUT2D eigenvalue weighted by Crippen LogP contribution is 2.37. The number of nitrogens with zero attached hydrogens (tertiary/aromatic N) is 2. The molecule has 0 saturated heterocycles. The van der Waals surface area contributed by atoms with Gasteiger partial charge in [0.05, 0.1) is 0 Å². The molecule has 0 aliphatic heterocycles. The molecule has 4 nitrogen and oxygen atoms in total. The van der Waals surface area contributed by atoms with E-state index in [9.17, 15) is 26.3 Å². The highest BCUT2D eigenvalue weighted by molar-refractivity contribution is 5.55. The number of nitrogens with one attached hydrogen (secondary N) is 1. The second kappa shape index (κ2) is 8.46. The van der Waals surface area contributed by atoms with E-state index in [-0.39, 0.29) is 5.95 Å². The van der Waals surface area contributed by atoms with E-state index in [1.165, 1.54) is 6.42 Å². The van der Waals surface area contributed by atoms with Crippen LogP contribution < -0.4 is 10.1 Å². The van der Waals surface area contributed by atoms with E-state index in [4.69, 9.17) is 0 Å². The Morgan fingerprint density at radius 3 is 2.41 bits per heavy atom. The molecule has 0 amide bonds. The minimum absolute atomic E-state index is 0.282. The Hall–Kier alpha value is -2.52. The van der Waals surface area contributed by atoms with E-state index < -0.39 is 30.4 Å². The standard InChI is InChI=1S/C19H19F6N3O/c20-18(21,22)11-29-16-15(19(23,24)25)10-26-17(28-16)27-14-8-4-7-13(9-14)12-5-2-1-3-6-12/h4,7-10,12H,1-3,5-6,11H2,(H,26,27,28). The average molecular weight is 419 g/mol. The number of anilines is 2. The van der Waals surface area contributed by atoms with Crippen LogP contribution in [-0.2, 0) is 6.18 Å². The van der Waals surface area contributed by atoms with Gasteiger partial charge >= 0.3 is 12.4 Å². The van der Waals surface area contributed by atoms with Gasteiger partial charge in [-0.3, -0.25) is 0 Å². The zero-order valence-electron chi connectivity index (χ0n) is 15.3. The van der Waals surface area contributed by atoms with E-state index in [0.717, 1.165) is 31.2 Å². The fourth-order valence-electron chi connectivity index (χ4n) is 3.32. The Morgan fingerprint density at radius 1 is 1.03 bits per heavy atom. The Morgan fingerprint density at radius 2 is 1.76 bits per heavy atom. The summed E-state index contributed by atoms with van der Waals surface area (Å²) in [6.07, 6.45) is -3.71. The predicted octanol–water partition coefficient (Wildman–Crippen LogP) is 6.23. The van der Waals surface area contributed by atoms with Crippen molar-refractivity contribution in [2.24, 2.45) is 0 Å². The van der Waals surface area contributed by atoms with Gasteiger partial charge in [-0.2, -0.15) is 31.3 Å². The lowest BCUT2D eigenvalue weighted by Gasteiger charge is -2.22. The molecule has 1 aromatic heterocycles. The highest BCUT2D eigenvalue weighted by Gasteiger charge is 2.38. The van der Waals surface area contributed by atoms with Gasteiger partial charge in [-0.1, -0.05) is 31.4 Å². The second-order valence-electron chi connectivity index (χ2n) is 6.90. The maximum absolute atomic E-state index is 13.0. The number of halogens is 6. The molecular weight excluding hydrogens is 400 g/mol. The summed E-state index contributed by atoms with van der Waals surface area (Å²) in [5, 5.41) is 2.75. The summed E-state index contributed by atoms with van der Waals surface area (Å²) < 4.78 is 80.5. The van der Waals surface area contributed by atoms with Crippen LogP contribution in [0.5, 0.6) is 5.88 Å². The molecule has 1 N–H and O–H groups in total. The van der Waals surface area contributed by atoms with Crippen molar-refractivity contribution in [3.8, 4) is 5.88 Å². The van der Waals surface area contributed by atoms with Crippen molar-refractivity contribution in [1.82, 2.24) is 9.97 Å². The van der Waals surface area contributed by atoms with Crippen molar-refractivity contribution in [3.05, 3.63) is 41.6 Å².